The standard InChI is InChI=1S/C15H17BrN2O/c1-3-17-11(2)12-8-9-18-15(10-12)19-14-6-4-13(16)5-7-14/h4-11,17H,3H2,1-2H3. The maximum atomic E-state index is 5.74. The van der Waals surface area contributed by atoms with Gasteiger partial charge in [0.25, 0.3) is 0 Å². The van der Waals surface area contributed by atoms with Crippen LogP contribution in [0.1, 0.15) is 25.5 Å². The van der Waals surface area contributed by atoms with Crippen molar-refractivity contribution in [2.75, 3.05) is 6.54 Å². The van der Waals surface area contributed by atoms with Crippen LogP contribution in [0.15, 0.2) is 47.1 Å². The molecule has 0 radical (unpaired) electrons. The summed E-state index contributed by atoms with van der Waals surface area (Å²) in [7, 11) is 0. The molecule has 0 saturated carbocycles. The Labute approximate surface area is 122 Å². The number of nitrogens with one attached hydrogen (secondary N) is 1. The molecule has 4 heteroatoms. The van der Waals surface area contributed by atoms with E-state index in [0.717, 1.165) is 16.8 Å². The van der Waals surface area contributed by atoms with E-state index in [1.54, 1.807) is 6.20 Å². The molecule has 0 spiro atoms. The fourth-order valence-electron chi connectivity index (χ4n) is 1.80. The second kappa shape index (κ2) is 6.68. The van der Waals surface area contributed by atoms with Crippen molar-refractivity contribution in [2.24, 2.45) is 0 Å². The van der Waals surface area contributed by atoms with E-state index < -0.39 is 0 Å². The summed E-state index contributed by atoms with van der Waals surface area (Å²) >= 11 is 3.40. The fraction of sp³-hybridized carbons (Fsp3) is 0.267. The van der Waals surface area contributed by atoms with Crippen LogP contribution in [0.5, 0.6) is 11.6 Å². The molecule has 19 heavy (non-hydrogen) atoms. The number of rotatable bonds is 5. The molecule has 0 amide bonds. The van der Waals surface area contributed by atoms with Crippen molar-refractivity contribution in [1.29, 1.82) is 0 Å². The Hall–Kier alpha value is -1.39. The number of hydrogen-bond donors (Lipinski definition) is 1. The van der Waals surface area contributed by atoms with E-state index in [9.17, 15) is 0 Å². The second-order valence-electron chi connectivity index (χ2n) is 4.26. The monoisotopic (exact) mass is 320 g/mol. The van der Waals surface area contributed by atoms with E-state index in [4.69, 9.17) is 4.74 Å². The summed E-state index contributed by atoms with van der Waals surface area (Å²) in [4.78, 5) is 4.24. The van der Waals surface area contributed by atoms with Crippen LogP contribution in [0.2, 0.25) is 0 Å². The zero-order valence-corrected chi connectivity index (χ0v) is 12.6. The van der Waals surface area contributed by atoms with Gasteiger partial charge in [-0.2, -0.15) is 0 Å². The number of nitrogens with zero attached hydrogens (tertiary/aromatic N) is 1. The van der Waals surface area contributed by atoms with Crippen LogP contribution in [0.3, 0.4) is 0 Å². The van der Waals surface area contributed by atoms with Gasteiger partial charge in [-0.25, -0.2) is 4.98 Å². The van der Waals surface area contributed by atoms with E-state index in [-0.39, 0.29) is 0 Å². The molecule has 1 aromatic carbocycles. The minimum Gasteiger partial charge on any atom is -0.439 e. The molecule has 3 nitrogen and oxygen atoms in total. The van der Waals surface area contributed by atoms with Crippen LogP contribution in [0, 0.1) is 0 Å². The highest BCUT2D eigenvalue weighted by atomic mass is 79.9. The van der Waals surface area contributed by atoms with E-state index in [1.807, 2.05) is 36.4 Å². The third kappa shape index (κ3) is 4.04. The molecule has 1 N–H and O–H groups in total. The first-order chi connectivity index (χ1) is 9.19. The molecule has 2 rings (SSSR count). The van der Waals surface area contributed by atoms with Crippen LogP contribution in [0.25, 0.3) is 0 Å². The van der Waals surface area contributed by atoms with Gasteiger partial charge in [0.15, 0.2) is 0 Å². The van der Waals surface area contributed by atoms with Crippen LogP contribution < -0.4 is 10.1 Å². The zero-order valence-electron chi connectivity index (χ0n) is 11.1. The molecule has 2 aromatic rings. The number of aromatic nitrogens is 1. The Bertz CT molecular complexity index is 528. The number of benzene rings is 1. The van der Waals surface area contributed by atoms with E-state index in [1.165, 1.54) is 5.56 Å². The van der Waals surface area contributed by atoms with Gasteiger partial charge in [0.05, 0.1) is 0 Å². The highest BCUT2D eigenvalue weighted by molar-refractivity contribution is 9.10. The summed E-state index contributed by atoms with van der Waals surface area (Å²) in [5.74, 6) is 1.40. The molecular weight excluding hydrogens is 304 g/mol. The molecule has 0 fully saturated rings. The predicted octanol–water partition coefficient (Wildman–Crippen LogP) is 4.31. The number of halogens is 1. The molecule has 100 valence electrons. The summed E-state index contributed by atoms with van der Waals surface area (Å²) in [6.45, 7) is 5.16. The van der Waals surface area contributed by atoms with Crippen molar-refractivity contribution >= 4 is 15.9 Å². The van der Waals surface area contributed by atoms with Crippen LogP contribution >= 0.6 is 15.9 Å². The highest BCUT2D eigenvalue weighted by Crippen LogP contribution is 2.23. The second-order valence-corrected chi connectivity index (χ2v) is 5.18. The molecule has 0 saturated heterocycles. The fourth-order valence-corrected chi connectivity index (χ4v) is 2.06. The van der Waals surface area contributed by atoms with Gasteiger partial charge in [0, 0.05) is 22.8 Å². The summed E-state index contributed by atoms with van der Waals surface area (Å²) in [6.07, 6.45) is 1.78. The quantitative estimate of drug-likeness (QED) is 0.891. The smallest absolute Gasteiger partial charge is 0.219 e. The van der Waals surface area contributed by atoms with E-state index >= 15 is 0 Å². The van der Waals surface area contributed by atoms with E-state index in [2.05, 4.69) is 40.1 Å². The first-order valence-electron chi connectivity index (χ1n) is 6.32. The molecule has 0 aliphatic carbocycles. The maximum Gasteiger partial charge on any atom is 0.219 e. The third-order valence-corrected chi connectivity index (χ3v) is 3.33. The number of pyridine rings is 1. The Balaban J connectivity index is 2.12. The summed E-state index contributed by atoms with van der Waals surface area (Å²) in [5.41, 5.74) is 1.17. The molecule has 0 aliphatic rings. The molecule has 1 aromatic heterocycles. The SMILES string of the molecule is CCNC(C)c1ccnc(Oc2ccc(Br)cc2)c1. The Morgan fingerprint density at radius 3 is 2.68 bits per heavy atom. The van der Waals surface area contributed by atoms with Crippen LogP contribution in [0.4, 0.5) is 0 Å². The molecule has 0 bridgehead atoms. The minimum absolute atomic E-state index is 0.292. The summed E-state index contributed by atoms with van der Waals surface area (Å²) < 4.78 is 6.77. The lowest BCUT2D eigenvalue weighted by Crippen LogP contribution is -2.17. The lowest BCUT2D eigenvalue weighted by molar-refractivity contribution is 0.460. The molecule has 1 unspecified atom stereocenters. The highest BCUT2D eigenvalue weighted by Gasteiger charge is 2.06. The Morgan fingerprint density at radius 1 is 1.26 bits per heavy atom. The van der Waals surface area contributed by atoms with Crippen molar-refractivity contribution in [3.05, 3.63) is 52.6 Å². The lowest BCUT2D eigenvalue weighted by atomic mass is 10.1. The van der Waals surface area contributed by atoms with Crippen molar-refractivity contribution in [1.82, 2.24) is 10.3 Å². The number of hydrogen-bond acceptors (Lipinski definition) is 3. The van der Waals surface area contributed by atoms with Crippen molar-refractivity contribution < 1.29 is 4.74 Å². The molecular formula is C15H17BrN2O. The average Bonchev–Trinajstić information content (AvgIpc) is 2.42. The van der Waals surface area contributed by atoms with Gasteiger partial charge in [-0.3, -0.25) is 0 Å². The van der Waals surface area contributed by atoms with Gasteiger partial charge in [0.2, 0.25) is 5.88 Å². The number of ether oxygens (including phenoxy) is 1. The summed E-state index contributed by atoms with van der Waals surface area (Å²) in [5, 5.41) is 3.37. The first kappa shape index (κ1) is 14.0. The summed E-state index contributed by atoms with van der Waals surface area (Å²) in [6, 6.07) is 12.0. The lowest BCUT2D eigenvalue weighted by Gasteiger charge is -2.13. The van der Waals surface area contributed by atoms with Gasteiger partial charge in [-0.1, -0.05) is 22.9 Å². The predicted molar refractivity (Wildman–Crippen MR) is 80.5 cm³/mol. The maximum absolute atomic E-state index is 5.74. The first-order valence-corrected chi connectivity index (χ1v) is 7.11. The molecule has 1 atom stereocenters. The zero-order chi connectivity index (χ0) is 13.7. The third-order valence-electron chi connectivity index (χ3n) is 2.81. The molecule has 0 aliphatic heterocycles. The average molecular weight is 321 g/mol. The Morgan fingerprint density at radius 2 is 2.00 bits per heavy atom. The van der Waals surface area contributed by atoms with Crippen LogP contribution in [-0.2, 0) is 0 Å². The minimum atomic E-state index is 0.292. The van der Waals surface area contributed by atoms with Crippen molar-refractivity contribution in [2.45, 2.75) is 19.9 Å². The normalized spacial score (nSPS) is 12.2. The van der Waals surface area contributed by atoms with E-state index in [0.29, 0.717) is 11.9 Å². The van der Waals surface area contributed by atoms with Crippen molar-refractivity contribution in [3.8, 4) is 11.6 Å². The van der Waals surface area contributed by atoms with Gasteiger partial charge < -0.3 is 10.1 Å². The molecule has 1 heterocycles. The topological polar surface area (TPSA) is 34.2 Å². The van der Waals surface area contributed by atoms with Gasteiger partial charge in [0.1, 0.15) is 5.75 Å². The largest absolute Gasteiger partial charge is 0.439 e. The Kier molecular flexibility index (Phi) is 4.93. The van der Waals surface area contributed by atoms with Gasteiger partial charge in [-0.05, 0) is 49.4 Å². The van der Waals surface area contributed by atoms with Crippen molar-refractivity contribution in [3.63, 3.8) is 0 Å². The van der Waals surface area contributed by atoms with Gasteiger partial charge in [-0.15, -0.1) is 0 Å². The van der Waals surface area contributed by atoms with Gasteiger partial charge >= 0.3 is 0 Å². The van der Waals surface area contributed by atoms with Crippen LogP contribution in [-0.4, -0.2) is 11.5 Å².